The maximum atomic E-state index is 11.8. The van der Waals surface area contributed by atoms with Gasteiger partial charge in [-0.3, -0.25) is 10.2 Å². The minimum atomic E-state index is -0.528. The molecular formula is C11H14N4O2S. The average molecular weight is 266 g/mol. The van der Waals surface area contributed by atoms with Gasteiger partial charge in [-0.2, -0.15) is 0 Å². The molecule has 0 aliphatic rings. The summed E-state index contributed by atoms with van der Waals surface area (Å²) >= 11 is 1.56. The molecule has 2 aromatic heterocycles. The van der Waals surface area contributed by atoms with Gasteiger partial charge in [0.2, 0.25) is 0 Å². The molecular weight excluding hydrogens is 252 g/mol. The highest BCUT2D eigenvalue weighted by molar-refractivity contribution is 7.13. The lowest BCUT2D eigenvalue weighted by atomic mass is 10.3. The fraction of sp³-hybridized carbons (Fsp3) is 0.273. The molecule has 0 fully saturated rings. The van der Waals surface area contributed by atoms with E-state index in [0.717, 1.165) is 10.7 Å². The second-order valence-corrected chi connectivity index (χ2v) is 4.56. The molecule has 0 bridgehead atoms. The number of carbonyl (C=O) groups is 1. The molecule has 2 heterocycles. The van der Waals surface area contributed by atoms with E-state index in [2.05, 4.69) is 10.4 Å². The lowest BCUT2D eigenvalue weighted by Gasteiger charge is -2.17. The summed E-state index contributed by atoms with van der Waals surface area (Å²) in [6.45, 7) is 0.234. The van der Waals surface area contributed by atoms with Gasteiger partial charge in [0.15, 0.2) is 5.82 Å². The summed E-state index contributed by atoms with van der Waals surface area (Å²) in [5.74, 6) is 5.61. The van der Waals surface area contributed by atoms with E-state index in [1.54, 1.807) is 35.4 Å². The van der Waals surface area contributed by atoms with E-state index >= 15 is 0 Å². The van der Waals surface area contributed by atoms with Crippen molar-refractivity contribution in [2.75, 3.05) is 13.7 Å². The van der Waals surface area contributed by atoms with Gasteiger partial charge in [-0.25, -0.2) is 10.8 Å². The molecule has 1 atom stereocenters. The minimum absolute atomic E-state index is 0.234. The number of aromatic nitrogens is 2. The number of amides is 1. The van der Waals surface area contributed by atoms with Crippen LogP contribution in [-0.2, 0) is 9.53 Å². The van der Waals surface area contributed by atoms with Crippen molar-refractivity contribution < 1.29 is 9.53 Å². The van der Waals surface area contributed by atoms with Crippen LogP contribution in [0.25, 0.3) is 10.7 Å². The Hall–Kier alpha value is -1.70. The Kier molecular flexibility index (Phi) is 4.08. The second kappa shape index (κ2) is 5.76. The molecule has 0 saturated heterocycles. The van der Waals surface area contributed by atoms with Crippen LogP contribution in [0.4, 0.5) is 0 Å². The summed E-state index contributed by atoms with van der Waals surface area (Å²) in [6.07, 6.45) is 3.40. The number of ether oxygens (including phenoxy) is 1. The van der Waals surface area contributed by atoms with Crippen molar-refractivity contribution in [2.45, 2.75) is 6.04 Å². The van der Waals surface area contributed by atoms with Crippen molar-refractivity contribution in [2.24, 2.45) is 5.84 Å². The van der Waals surface area contributed by atoms with Gasteiger partial charge in [0.05, 0.1) is 11.5 Å². The first kappa shape index (κ1) is 12.7. The predicted molar refractivity (Wildman–Crippen MR) is 68.8 cm³/mol. The van der Waals surface area contributed by atoms with E-state index in [0.29, 0.717) is 0 Å². The third-order valence-electron chi connectivity index (χ3n) is 2.52. The van der Waals surface area contributed by atoms with Gasteiger partial charge in [-0.05, 0) is 11.4 Å². The standard InChI is InChI=1S/C11H14N4O2S/c1-17-7-8(11(16)14-12)15-5-4-13-10(15)9-3-2-6-18-9/h2-6,8H,7,12H2,1H3,(H,14,16). The molecule has 7 heteroatoms. The molecule has 1 amide bonds. The number of hydrogen-bond donors (Lipinski definition) is 2. The molecule has 0 spiro atoms. The molecule has 0 radical (unpaired) electrons. The molecule has 2 aromatic rings. The van der Waals surface area contributed by atoms with Crippen LogP contribution in [0.2, 0.25) is 0 Å². The fourth-order valence-corrected chi connectivity index (χ4v) is 2.42. The number of hydrogen-bond acceptors (Lipinski definition) is 5. The average Bonchev–Trinajstić information content (AvgIpc) is 3.04. The first-order valence-electron chi connectivity index (χ1n) is 5.34. The van der Waals surface area contributed by atoms with E-state index in [9.17, 15) is 4.79 Å². The van der Waals surface area contributed by atoms with Crippen molar-refractivity contribution >= 4 is 17.2 Å². The molecule has 6 nitrogen and oxygen atoms in total. The lowest BCUT2D eigenvalue weighted by molar-refractivity contribution is -0.125. The summed E-state index contributed by atoms with van der Waals surface area (Å²) < 4.78 is 6.82. The number of methoxy groups -OCH3 is 1. The fourth-order valence-electron chi connectivity index (χ4n) is 1.70. The van der Waals surface area contributed by atoms with E-state index in [1.807, 2.05) is 17.5 Å². The number of hydrazine groups is 1. The van der Waals surface area contributed by atoms with Crippen molar-refractivity contribution in [3.05, 3.63) is 29.9 Å². The van der Waals surface area contributed by atoms with E-state index in [1.165, 1.54) is 0 Å². The molecule has 0 aliphatic carbocycles. The quantitative estimate of drug-likeness (QED) is 0.476. The molecule has 0 aromatic carbocycles. The molecule has 3 N–H and O–H groups in total. The number of nitrogens with zero attached hydrogens (tertiary/aromatic N) is 2. The summed E-state index contributed by atoms with van der Waals surface area (Å²) in [7, 11) is 1.54. The van der Waals surface area contributed by atoms with Crippen molar-refractivity contribution in [3.63, 3.8) is 0 Å². The number of imidazole rings is 1. The Labute approximate surface area is 108 Å². The number of thiophene rings is 1. The monoisotopic (exact) mass is 266 g/mol. The zero-order valence-electron chi connectivity index (χ0n) is 9.87. The third-order valence-corrected chi connectivity index (χ3v) is 3.38. The maximum Gasteiger partial charge on any atom is 0.259 e. The predicted octanol–water partition coefficient (Wildman–Crippen LogP) is 0.789. The van der Waals surface area contributed by atoms with Crippen molar-refractivity contribution in [1.29, 1.82) is 0 Å². The summed E-state index contributed by atoms with van der Waals surface area (Å²) in [5.41, 5.74) is 2.15. The van der Waals surface area contributed by atoms with Crippen LogP contribution in [0, 0.1) is 0 Å². The number of rotatable bonds is 5. The van der Waals surface area contributed by atoms with Crippen LogP contribution >= 0.6 is 11.3 Å². The molecule has 0 aliphatic heterocycles. The SMILES string of the molecule is COCC(C(=O)NN)n1ccnc1-c1cccs1. The number of carbonyl (C=O) groups excluding carboxylic acids is 1. The van der Waals surface area contributed by atoms with Gasteiger partial charge < -0.3 is 9.30 Å². The summed E-state index contributed by atoms with van der Waals surface area (Å²) in [6, 6.07) is 3.36. The topological polar surface area (TPSA) is 82.2 Å². The van der Waals surface area contributed by atoms with Gasteiger partial charge >= 0.3 is 0 Å². The van der Waals surface area contributed by atoms with Gasteiger partial charge in [0.1, 0.15) is 6.04 Å². The third kappa shape index (κ3) is 2.42. The molecule has 0 saturated carbocycles. The van der Waals surface area contributed by atoms with Gasteiger partial charge in [0, 0.05) is 19.5 Å². The molecule has 18 heavy (non-hydrogen) atoms. The minimum Gasteiger partial charge on any atom is -0.382 e. The molecule has 1 unspecified atom stereocenters. The Morgan fingerprint density at radius 2 is 2.56 bits per heavy atom. The second-order valence-electron chi connectivity index (χ2n) is 3.62. The molecule has 2 rings (SSSR count). The van der Waals surface area contributed by atoms with Gasteiger partial charge in [-0.15, -0.1) is 11.3 Å². The first-order chi connectivity index (χ1) is 8.77. The first-order valence-corrected chi connectivity index (χ1v) is 6.22. The number of nitrogens with two attached hydrogens (primary N) is 1. The Morgan fingerprint density at radius 3 is 3.17 bits per heavy atom. The van der Waals surface area contributed by atoms with Crippen LogP contribution in [-0.4, -0.2) is 29.2 Å². The van der Waals surface area contributed by atoms with Crippen LogP contribution in [0.3, 0.4) is 0 Å². The Bertz CT molecular complexity index is 509. The smallest absolute Gasteiger partial charge is 0.259 e. The van der Waals surface area contributed by atoms with E-state index < -0.39 is 6.04 Å². The van der Waals surface area contributed by atoms with Crippen LogP contribution in [0.15, 0.2) is 29.9 Å². The zero-order valence-corrected chi connectivity index (χ0v) is 10.7. The molecule has 96 valence electrons. The van der Waals surface area contributed by atoms with Crippen molar-refractivity contribution in [1.82, 2.24) is 15.0 Å². The Morgan fingerprint density at radius 1 is 1.72 bits per heavy atom. The lowest BCUT2D eigenvalue weighted by Crippen LogP contribution is -2.39. The highest BCUT2D eigenvalue weighted by atomic mass is 32.1. The highest BCUT2D eigenvalue weighted by Gasteiger charge is 2.22. The van der Waals surface area contributed by atoms with E-state index in [-0.39, 0.29) is 12.5 Å². The zero-order chi connectivity index (χ0) is 13.0. The normalized spacial score (nSPS) is 12.3. The Balaban J connectivity index is 2.37. The number of nitrogens with one attached hydrogen (secondary N) is 1. The van der Waals surface area contributed by atoms with Crippen LogP contribution in [0.1, 0.15) is 6.04 Å². The van der Waals surface area contributed by atoms with Crippen molar-refractivity contribution in [3.8, 4) is 10.7 Å². The van der Waals surface area contributed by atoms with Crippen LogP contribution in [0.5, 0.6) is 0 Å². The van der Waals surface area contributed by atoms with Gasteiger partial charge in [-0.1, -0.05) is 6.07 Å². The highest BCUT2D eigenvalue weighted by Crippen LogP contribution is 2.25. The summed E-state index contributed by atoms with van der Waals surface area (Å²) in [5, 5.41) is 1.96. The van der Waals surface area contributed by atoms with Gasteiger partial charge in [0.25, 0.3) is 5.91 Å². The largest absolute Gasteiger partial charge is 0.382 e. The maximum absolute atomic E-state index is 11.8. The van der Waals surface area contributed by atoms with Crippen LogP contribution < -0.4 is 11.3 Å². The summed E-state index contributed by atoms with van der Waals surface area (Å²) in [4.78, 5) is 17.0. The van der Waals surface area contributed by atoms with E-state index in [4.69, 9.17) is 10.6 Å².